The minimum atomic E-state index is -5.31. The summed E-state index contributed by atoms with van der Waals surface area (Å²) in [6.07, 6.45) is -0.255. The molecule has 0 aromatic heterocycles. The van der Waals surface area contributed by atoms with Gasteiger partial charge in [0.1, 0.15) is 0 Å². The second-order valence-electron chi connectivity index (χ2n) is 6.64. The van der Waals surface area contributed by atoms with Crippen molar-refractivity contribution in [2.45, 2.75) is 75.5 Å². The van der Waals surface area contributed by atoms with Crippen molar-refractivity contribution in [3.63, 3.8) is 0 Å². The largest absolute Gasteiger partial charge is 0.810 e. The molecular weight excluding hydrogens is 304 g/mol. The summed E-state index contributed by atoms with van der Waals surface area (Å²) in [5.41, 5.74) is 0. The first-order valence-electron chi connectivity index (χ1n) is 7.75. The van der Waals surface area contributed by atoms with Gasteiger partial charge in [0, 0.05) is 5.16 Å². The topological polar surface area (TPSA) is 63.2 Å². The molecule has 2 saturated carbocycles. The molecule has 0 aromatic carbocycles. The van der Waals surface area contributed by atoms with Crippen molar-refractivity contribution in [2.24, 2.45) is 11.8 Å². The second kappa shape index (κ2) is 6.21. The van der Waals surface area contributed by atoms with E-state index in [1.165, 1.54) is 0 Å². The highest BCUT2D eigenvalue weighted by atomic mass is 31.2. The van der Waals surface area contributed by atoms with Gasteiger partial charge >= 0.3 is 6.18 Å². The normalized spacial score (nSPS) is 33.1. The Hall–Kier alpha value is -0.0600. The lowest BCUT2D eigenvalue weighted by atomic mass is 9.66. The molecule has 124 valence electrons. The zero-order valence-corrected chi connectivity index (χ0v) is 12.9. The predicted octanol–water partition coefficient (Wildman–Crippen LogP) is 3.36. The molecule has 0 heterocycles. The van der Waals surface area contributed by atoms with Gasteiger partial charge in [-0.2, -0.15) is 13.2 Å². The first-order chi connectivity index (χ1) is 9.66. The van der Waals surface area contributed by atoms with E-state index in [0.29, 0.717) is 12.8 Å². The quantitative estimate of drug-likeness (QED) is 0.747. The molecule has 0 saturated heterocycles. The summed E-state index contributed by atoms with van der Waals surface area (Å²) in [6, 6.07) is 0. The Balaban J connectivity index is 2.35. The van der Waals surface area contributed by atoms with Crippen LogP contribution in [0.3, 0.4) is 0 Å². The van der Waals surface area contributed by atoms with Gasteiger partial charge in [0.05, 0.1) is 6.42 Å². The van der Waals surface area contributed by atoms with Crippen molar-refractivity contribution in [1.29, 1.82) is 0 Å². The van der Waals surface area contributed by atoms with Crippen LogP contribution < -0.4 is 9.79 Å². The zero-order valence-electron chi connectivity index (χ0n) is 12.0. The third-order valence-corrected chi connectivity index (χ3v) is 7.14. The molecule has 2 aliphatic rings. The standard InChI is InChI=1S/C14H24F3O3P/c15-14(16,17)10-13(21(18,19)20)9-5-4-8-12(13)11-6-2-1-3-7-11/h11-12H,1-10H2,(H2,18,19,20)/p-2. The van der Waals surface area contributed by atoms with E-state index in [1.807, 2.05) is 0 Å². The number of hydrogen-bond acceptors (Lipinski definition) is 3. The fourth-order valence-electron chi connectivity index (χ4n) is 4.46. The Morgan fingerprint density at radius 1 is 1.00 bits per heavy atom. The molecule has 0 aliphatic heterocycles. The summed E-state index contributed by atoms with van der Waals surface area (Å²) in [5.74, 6) is -0.661. The lowest BCUT2D eigenvalue weighted by Gasteiger charge is -2.58. The van der Waals surface area contributed by atoms with E-state index in [9.17, 15) is 27.5 Å². The van der Waals surface area contributed by atoms with Gasteiger partial charge < -0.3 is 14.4 Å². The number of hydrogen-bond donors (Lipinski definition) is 0. The van der Waals surface area contributed by atoms with Crippen molar-refractivity contribution in [2.75, 3.05) is 0 Å². The summed E-state index contributed by atoms with van der Waals surface area (Å²) in [5, 5.41) is -2.11. The molecule has 21 heavy (non-hydrogen) atoms. The Bertz CT molecular complexity index is 401. The Kier molecular flexibility index (Phi) is 5.11. The van der Waals surface area contributed by atoms with Crippen molar-refractivity contribution >= 4 is 7.60 Å². The average Bonchev–Trinajstić information content (AvgIpc) is 2.37. The summed E-state index contributed by atoms with van der Waals surface area (Å²) in [7, 11) is -5.31. The van der Waals surface area contributed by atoms with Gasteiger partial charge in [0.2, 0.25) is 0 Å². The van der Waals surface area contributed by atoms with Crippen LogP contribution in [0.15, 0.2) is 0 Å². The third-order valence-electron chi connectivity index (χ3n) is 5.34. The minimum Gasteiger partial charge on any atom is -0.810 e. The van der Waals surface area contributed by atoms with Crippen molar-refractivity contribution in [3.05, 3.63) is 0 Å². The number of alkyl halides is 3. The van der Waals surface area contributed by atoms with E-state index in [0.717, 1.165) is 38.5 Å². The van der Waals surface area contributed by atoms with E-state index < -0.39 is 31.3 Å². The number of halogens is 3. The van der Waals surface area contributed by atoms with Crippen LogP contribution in [0.2, 0.25) is 0 Å². The van der Waals surface area contributed by atoms with Crippen LogP contribution in [0.5, 0.6) is 0 Å². The Morgan fingerprint density at radius 2 is 1.57 bits per heavy atom. The second-order valence-corrected chi connectivity index (χ2v) is 8.53. The molecule has 2 fully saturated rings. The maximum absolute atomic E-state index is 13.0. The lowest BCUT2D eigenvalue weighted by molar-refractivity contribution is -0.327. The van der Waals surface area contributed by atoms with Crippen LogP contribution in [-0.2, 0) is 4.57 Å². The molecule has 2 aliphatic carbocycles. The monoisotopic (exact) mass is 326 g/mol. The van der Waals surface area contributed by atoms with Crippen LogP contribution >= 0.6 is 7.60 Å². The molecule has 3 nitrogen and oxygen atoms in total. The third kappa shape index (κ3) is 3.83. The van der Waals surface area contributed by atoms with E-state index in [1.54, 1.807) is 0 Å². The molecule has 0 N–H and O–H groups in total. The molecule has 0 amide bonds. The summed E-state index contributed by atoms with van der Waals surface area (Å²) in [4.78, 5) is 23.6. The van der Waals surface area contributed by atoms with E-state index in [4.69, 9.17) is 0 Å². The molecule has 2 rings (SSSR count). The van der Waals surface area contributed by atoms with Gasteiger partial charge in [0.15, 0.2) is 0 Å². The SMILES string of the molecule is O=P([O-])([O-])C1(CC(F)(F)F)CCCCC1C1CCCCC1. The fourth-order valence-corrected chi connectivity index (χ4v) is 6.01. The number of rotatable bonds is 3. The highest BCUT2D eigenvalue weighted by Gasteiger charge is 2.52. The van der Waals surface area contributed by atoms with Crippen LogP contribution in [-0.4, -0.2) is 11.3 Å². The van der Waals surface area contributed by atoms with Crippen molar-refractivity contribution in [1.82, 2.24) is 0 Å². The minimum absolute atomic E-state index is 0.0439. The molecular formula is C14H22F3O3P-2. The Morgan fingerprint density at radius 3 is 2.10 bits per heavy atom. The predicted molar refractivity (Wildman–Crippen MR) is 69.5 cm³/mol. The molecule has 0 spiro atoms. The van der Waals surface area contributed by atoms with Crippen LogP contribution in [0.4, 0.5) is 13.2 Å². The van der Waals surface area contributed by atoms with E-state index in [-0.39, 0.29) is 12.3 Å². The van der Waals surface area contributed by atoms with Gasteiger partial charge in [-0.3, -0.25) is 0 Å². The van der Waals surface area contributed by atoms with Crippen molar-refractivity contribution in [3.8, 4) is 0 Å². The molecule has 0 radical (unpaired) electrons. The average molecular weight is 326 g/mol. The molecule has 7 heteroatoms. The van der Waals surface area contributed by atoms with E-state index >= 15 is 0 Å². The van der Waals surface area contributed by atoms with Crippen LogP contribution in [0, 0.1) is 11.8 Å². The molecule has 0 bridgehead atoms. The fraction of sp³-hybridized carbons (Fsp3) is 1.00. The summed E-state index contributed by atoms with van der Waals surface area (Å²) >= 11 is 0. The first-order valence-corrected chi connectivity index (χ1v) is 9.29. The van der Waals surface area contributed by atoms with Crippen LogP contribution in [0.1, 0.15) is 64.2 Å². The zero-order chi connectivity index (χ0) is 15.7. The van der Waals surface area contributed by atoms with Gasteiger partial charge in [-0.15, -0.1) is 0 Å². The maximum Gasteiger partial charge on any atom is 0.390 e. The van der Waals surface area contributed by atoms with Gasteiger partial charge in [0.25, 0.3) is 0 Å². The molecule has 2 unspecified atom stereocenters. The maximum atomic E-state index is 13.0. The van der Waals surface area contributed by atoms with Gasteiger partial charge in [-0.05, 0) is 24.7 Å². The van der Waals surface area contributed by atoms with E-state index in [2.05, 4.69) is 0 Å². The van der Waals surface area contributed by atoms with Crippen LogP contribution in [0.25, 0.3) is 0 Å². The Labute approximate surface area is 123 Å². The first kappa shape index (κ1) is 17.3. The molecule has 2 atom stereocenters. The highest BCUT2D eigenvalue weighted by molar-refractivity contribution is 7.50. The highest BCUT2D eigenvalue weighted by Crippen LogP contribution is 2.62. The van der Waals surface area contributed by atoms with Gasteiger partial charge in [-0.25, -0.2) is 0 Å². The summed E-state index contributed by atoms with van der Waals surface area (Å²) in [6.45, 7) is 0. The van der Waals surface area contributed by atoms with Crippen molar-refractivity contribution < 1.29 is 27.5 Å². The lowest BCUT2D eigenvalue weighted by Crippen LogP contribution is -2.52. The summed E-state index contributed by atoms with van der Waals surface area (Å²) < 4.78 is 50.7. The van der Waals surface area contributed by atoms with Gasteiger partial charge in [-0.1, -0.05) is 52.5 Å². The smallest absolute Gasteiger partial charge is 0.390 e. The molecule has 0 aromatic rings.